The molecule has 1 aliphatic rings. The third-order valence-corrected chi connectivity index (χ3v) is 4.14. The van der Waals surface area contributed by atoms with Gasteiger partial charge in [0.1, 0.15) is 11.6 Å². The van der Waals surface area contributed by atoms with Gasteiger partial charge >= 0.3 is 5.97 Å². The molecule has 2 aromatic rings. The predicted octanol–water partition coefficient (Wildman–Crippen LogP) is 2.51. The molecular weight excluding hydrogens is 357 g/mol. The first kappa shape index (κ1) is 18.6. The van der Waals surface area contributed by atoms with Gasteiger partial charge in [-0.15, -0.1) is 0 Å². The van der Waals surface area contributed by atoms with E-state index in [1.807, 2.05) is 0 Å². The first-order chi connectivity index (χ1) is 12.9. The number of fused-ring (bicyclic) bond motifs is 1. The van der Waals surface area contributed by atoms with Gasteiger partial charge in [-0.2, -0.15) is 0 Å². The second kappa shape index (κ2) is 7.56. The molecule has 2 heterocycles. The highest BCUT2D eigenvalue weighted by molar-refractivity contribution is 6.01. The highest BCUT2D eigenvalue weighted by Crippen LogP contribution is 2.34. The van der Waals surface area contributed by atoms with E-state index in [4.69, 9.17) is 9.26 Å². The van der Waals surface area contributed by atoms with E-state index in [0.29, 0.717) is 11.3 Å². The molecule has 2 atom stereocenters. The molecule has 2 N–H and O–H groups in total. The highest BCUT2D eigenvalue weighted by Gasteiger charge is 2.34. The number of carbonyl (C=O) groups excluding carboxylic acids is 3. The maximum absolute atomic E-state index is 13.4. The minimum Gasteiger partial charge on any atom is -0.452 e. The summed E-state index contributed by atoms with van der Waals surface area (Å²) in [5, 5.41) is 8.69. The first-order valence-corrected chi connectivity index (χ1v) is 8.41. The third-order valence-electron chi connectivity index (χ3n) is 4.14. The van der Waals surface area contributed by atoms with Gasteiger partial charge in [0.15, 0.2) is 11.9 Å². The molecule has 1 aromatic carbocycles. The molecule has 142 valence electrons. The fraction of sp³-hybridized carbons (Fsp3) is 0.333. The number of nitrogens with one attached hydrogen (secondary N) is 2. The number of rotatable bonds is 5. The average Bonchev–Trinajstić information content (AvgIpc) is 3.02. The van der Waals surface area contributed by atoms with Crippen LogP contribution in [0.4, 0.5) is 15.9 Å². The number of aromatic nitrogens is 1. The van der Waals surface area contributed by atoms with Crippen LogP contribution >= 0.6 is 0 Å². The van der Waals surface area contributed by atoms with Gasteiger partial charge in [0.2, 0.25) is 5.91 Å². The van der Waals surface area contributed by atoms with Crippen LogP contribution in [0, 0.1) is 12.7 Å². The van der Waals surface area contributed by atoms with E-state index in [-0.39, 0.29) is 24.3 Å². The fourth-order valence-corrected chi connectivity index (χ4v) is 2.82. The van der Waals surface area contributed by atoms with E-state index < -0.39 is 35.6 Å². The van der Waals surface area contributed by atoms with Gasteiger partial charge in [0.05, 0.1) is 5.92 Å². The number of amides is 2. The second-order valence-electron chi connectivity index (χ2n) is 6.18. The monoisotopic (exact) mass is 375 g/mol. The maximum Gasteiger partial charge on any atom is 0.314 e. The number of anilines is 2. The Kier molecular flexibility index (Phi) is 5.20. The second-order valence-corrected chi connectivity index (χ2v) is 6.18. The van der Waals surface area contributed by atoms with Crippen molar-refractivity contribution in [2.45, 2.75) is 38.7 Å². The summed E-state index contributed by atoms with van der Waals surface area (Å²) in [4.78, 5) is 36.8. The van der Waals surface area contributed by atoms with Gasteiger partial charge in [0, 0.05) is 18.2 Å². The van der Waals surface area contributed by atoms with Crippen LogP contribution in [0.25, 0.3) is 0 Å². The van der Waals surface area contributed by atoms with Crippen LogP contribution in [0.15, 0.2) is 28.8 Å². The standard InChI is InChI=1S/C18H18FN3O5/c1-3-14(17(24)21-15-6-9(2)27-22-15)26-18(25)12-8-16(23)20-13-7-10(19)4-5-11(12)13/h4-7,12,14H,3,8H2,1-2H3,(H,20,23)(H,21,22,24)/t12-,14-/m1/s1. The minimum atomic E-state index is -1.07. The lowest BCUT2D eigenvalue weighted by Crippen LogP contribution is -2.36. The molecule has 0 saturated heterocycles. The molecule has 0 fully saturated rings. The molecule has 0 saturated carbocycles. The van der Waals surface area contributed by atoms with Gasteiger partial charge in [-0.25, -0.2) is 4.39 Å². The number of carbonyl (C=O) groups is 3. The molecule has 0 bridgehead atoms. The Morgan fingerprint density at radius 2 is 2.22 bits per heavy atom. The maximum atomic E-state index is 13.4. The lowest BCUT2D eigenvalue weighted by molar-refractivity contribution is -0.156. The summed E-state index contributed by atoms with van der Waals surface area (Å²) in [6.45, 7) is 3.36. The average molecular weight is 375 g/mol. The largest absolute Gasteiger partial charge is 0.452 e. The van der Waals surface area contributed by atoms with Crippen molar-refractivity contribution in [1.29, 1.82) is 0 Å². The number of halogens is 1. The topological polar surface area (TPSA) is 111 Å². The Hall–Kier alpha value is -3.23. The van der Waals surface area contributed by atoms with Crippen molar-refractivity contribution >= 4 is 29.3 Å². The van der Waals surface area contributed by atoms with Crippen molar-refractivity contribution in [2.75, 3.05) is 10.6 Å². The van der Waals surface area contributed by atoms with Crippen molar-refractivity contribution in [3.63, 3.8) is 0 Å². The van der Waals surface area contributed by atoms with E-state index in [2.05, 4.69) is 15.8 Å². The Morgan fingerprint density at radius 3 is 2.89 bits per heavy atom. The highest BCUT2D eigenvalue weighted by atomic mass is 19.1. The van der Waals surface area contributed by atoms with Crippen molar-refractivity contribution in [2.24, 2.45) is 0 Å². The molecule has 1 aromatic heterocycles. The van der Waals surface area contributed by atoms with Crippen LogP contribution in [0.1, 0.15) is 37.0 Å². The van der Waals surface area contributed by atoms with Gasteiger partial charge in [-0.05, 0) is 31.0 Å². The number of nitrogens with zero attached hydrogens (tertiary/aromatic N) is 1. The van der Waals surface area contributed by atoms with Crippen LogP contribution in [-0.4, -0.2) is 29.0 Å². The third kappa shape index (κ3) is 4.13. The fourth-order valence-electron chi connectivity index (χ4n) is 2.82. The summed E-state index contributed by atoms with van der Waals surface area (Å²) in [6.07, 6.45) is -0.981. The van der Waals surface area contributed by atoms with Crippen LogP contribution in [0.2, 0.25) is 0 Å². The van der Waals surface area contributed by atoms with E-state index in [1.165, 1.54) is 18.2 Å². The number of ether oxygens (including phenoxy) is 1. The van der Waals surface area contributed by atoms with Crippen LogP contribution in [0.3, 0.4) is 0 Å². The number of aryl methyl sites for hydroxylation is 1. The quantitative estimate of drug-likeness (QED) is 0.777. The minimum absolute atomic E-state index is 0.141. The van der Waals surface area contributed by atoms with Crippen LogP contribution in [-0.2, 0) is 19.1 Å². The lowest BCUT2D eigenvalue weighted by Gasteiger charge is -2.25. The molecule has 2 amide bonds. The number of hydrogen-bond donors (Lipinski definition) is 2. The molecule has 27 heavy (non-hydrogen) atoms. The molecule has 0 aliphatic carbocycles. The summed E-state index contributed by atoms with van der Waals surface area (Å²) in [7, 11) is 0. The summed E-state index contributed by atoms with van der Waals surface area (Å²) in [6, 6.07) is 5.30. The lowest BCUT2D eigenvalue weighted by atomic mass is 9.90. The Bertz CT molecular complexity index is 895. The molecule has 8 nitrogen and oxygen atoms in total. The molecule has 0 unspecified atom stereocenters. The zero-order valence-corrected chi connectivity index (χ0v) is 14.7. The SMILES string of the molecule is CC[C@@H](OC(=O)[C@@H]1CC(=O)Nc2cc(F)ccc21)C(=O)Nc1cc(C)on1. The smallest absolute Gasteiger partial charge is 0.314 e. The van der Waals surface area contributed by atoms with Gasteiger partial charge in [-0.3, -0.25) is 14.4 Å². The van der Waals surface area contributed by atoms with Crippen molar-refractivity contribution in [3.8, 4) is 0 Å². The summed E-state index contributed by atoms with van der Waals surface area (Å²) < 4.78 is 23.6. The molecule has 3 rings (SSSR count). The van der Waals surface area contributed by atoms with E-state index >= 15 is 0 Å². The van der Waals surface area contributed by atoms with Crippen molar-refractivity contribution in [1.82, 2.24) is 5.16 Å². The van der Waals surface area contributed by atoms with Gasteiger partial charge in [-0.1, -0.05) is 18.1 Å². The summed E-state index contributed by atoms with van der Waals surface area (Å²) in [5.41, 5.74) is 0.673. The Morgan fingerprint density at radius 1 is 1.44 bits per heavy atom. The first-order valence-electron chi connectivity index (χ1n) is 8.41. The zero-order valence-electron chi connectivity index (χ0n) is 14.7. The van der Waals surface area contributed by atoms with Crippen LogP contribution < -0.4 is 10.6 Å². The molecule has 9 heteroatoms. The number of hydrogen-bond acceptors (Lipinski definition) is 6. The van der Waals surface area contributed by atoms with Gasteiger partial charge < -0.3 is 19.9 Å². The predicted molar refractivity (Wildman–Crippen MR) is 92.4 cm³/mol. The van der Waals surface area contributed by atoms with Crippen molar-refractivity contribution in [3.05, 3.63) is 41.4 Å². The van der Waals surface area contributed by atoms with E-state index in [0.717, 1.165) is 6.07 Å². The zero-order chi connectivity index (χ0) is 19.6. The molecule has 0 spiro atoms. The summed E-state index contributed by atoms with van der Waals surface area (Å²) in [5.74, 6) is -2.42. The number of benzene rings is 1. The molecule has 0 radical (unpaired) electrons. The van der Waals surface area contributed by atoms with E-state index in [1.54, 1.807) is 13.8 Å². The van der Waals surface area contributed by atoms with Crippen molar-refractivity contribution < 1.29 is 28.0 Å². The molecule has 1 aliphatic heterocycles. The van der Waals surface area contributed by atoms with Gasteiger partial charge in [0.25, 0.3) is 5.91 Å². The normalized spacial score (nSPS) is 16.9. The van der Waals surface area contributed by atoms with Crippen LogP contribution in [0.5, 0.6) is 0 Å². The number of esters is 1. The Balaban J connectivity index is 1.73. The van der Waals surface area contributed by atoms with E-state index in [9.17, 15) is 18.8 Å². The molecular formula is C18H18FN3O5. The Labute approximate surface area is 154 Å². The summed E-state index contributed by atoms with van der Waals surface area (Å²) >= 11 is 0.